The van der Waals surface area contributed by atoms with Gasteiger partial charge in [-0.15, -0.1) is 0 Å². The normalized spacial score (nSPS) is 31.7. The summed E-state index contributed by atoms with van der Waals surface area (Å²) in [4.78, 5) is 10.4. The minimum atomic E-state index is -0.663. The van der Waals surface area contributed by atoms with Crippen LogP contribution in [0.15, 0.2) is 0 Å². The molecule has 3 heteroatoms. The zero-order valence-electron chi connectivity index (χ0n) is 6.84. The summed E-state index contributed by atoms with van der Waals surface area (Å²) in [5, 5.41) is 11.8. The number of carboxylic acids is 1. The lowest BCUT2D eigenvalue weighted by Gasteiger charge is -2.28. The zero-order chi connectivity index (χ0) is 8.27. The van der Waals surface area contributed by atoms with Crippen LogP contribution < -0.4 is 5.32 Å². The van der Waals surface area contributed by atoms with E-state index in [4.69, 9.17) is 5.11 Å². The number of hydrogen-bond acceptors (Lipinski definition) is 2. The average molecular weight is 157 g/mol. The van der Waals surface area contributed by atoms with Crippen molar-refractivity contribution in [1.29, 1.82) is 0 Å². The molecule has 0 aromatic carbocycles. The lowest BCUT2D eigenvalue weighted by molar-refractivity contribution is -0.138. The molecular formula is C8H15NO2. The number of aliphatic carboxylic acids is 1. The molecule has 0 aromatic rings. The van der Waals surface area contributed by atoms with Gasteiger partial charge in [0.2, 0.25) is 0 Å². The molecule has 64 valence electrons. The maximum atomic E-state index is 10.4. The Kier molecular flexibility index (Phi) is 2.88. The minimum absolute atomic E-state index is 0.336. The van der Waals surface area contributed by atoms with E-state index in [9.17, 15) is 4.79 Å². The van der Waals surface area contributed by atoms with E-state index in [0.717, 1.165) is 19.5 Å². The monoisotopic (exact) mass is 157 g/mol. The quantitative estimate of drug-likeness (QED) is 0.620. The second kappa shape index (κ2) is 3.72. The van der Waals surface area contributed by atoms with Crippen LogP contribution in [-0.4, -0.2) is 24.2 Å². The molecule has 0 aliphatic carbocycles. The molecule has 1 rings (SSSR count). The van der Waals surface area contributed by atoms with Crippen molar-refractivity contribution in [2.45, 2.75) is 19.8 Å². The maximum Gasteiger partial charge on any atom is 0.303 e. The molecule has 1 fully saturated rings. The van der Waals surface area contributed by atoms with Gasteiger partial charge in [-0.3, -0.25) is 4.79 Å². The predicted octanol–water partition coefficient (Wildman–Crippen LogP) is 0.707. The Hall–Kier alpha value is -0.570. The first kappa shape index (κ1) is 8.53. The van der Waals surface area contributed by atoms with Crippen LogP contribution in [0.5, 0.6) is 0 Å². The van der Waals surface area contributed by atoms with Crippen molar-refractivity contribution in [3.05, 3.63) is 0 Å². The van der Waals surface area contributed by atoms with Crippen molar-refractivity contribution in [2.24, 2.45) is 11.8 Å². The van der Waals surface area contributed by atoms with Crippen LogP contribution in [0.25, 0.3) is 0 Å². The van der Waals surface area contributed by atoms with Crippen molar-refractivity contribution in [1.82, 2.24) is 5.32 Å². The summed E-state index contributed by atoms with van der Waals surface area (Å²) in [6, 6.07) is 0. The molecular weight excluding hydrogens is 142 g/mol. The van der Waals surface area contributed by atoms with Gasteiger partial charge in [0.15, 0.2) is 0 Å². The molecule has 0 aromatic heterocycles. The Morgan fingerprint density at radius 2 is 2.45 bits per heavy atom. The van der Waals surface area contributed by atoms with Crippen LogP contribution in [0.2, 0.25) is 0 Å². The van der Waals surface area contributed by atoms with Crippen LogP contribution in [0.4, 0.5) is 0 Å². The zero-order valence-corrected chi connectivity index (χ0v) is 6.84. The van der Waals surface area contributed by atoms with Gasteiger partial charge in [0.1, 0.15) is 0 Å². The first-order chi connectivity index (χ1) is 5.20. The number of piperidine rings is 1. The molecule has 0 spiro atoms. The van der Waals surface area contributed by atoms with E-state index in [1.165, 1.54) is 0 Å². The topological polar surface area (TPSA) is 49.3 Å². The fourth-order valence-corrected chi connectivity index (χ4v) is 1.60. The third kappa shape index (κ3) is 2.50. The number of carbonyl (C=O) groups is 1. The van der Waals surface area contributed by atoms with Crippen molar-refractivity contribution in [3.8, 4) is 0 Å². The van der Waals surface area contributed by atoms with Gasteiger partial charge in [0.25, 0.3) is 0 Å². The lowest BCUT2D eigenvalue weighted by atomic mass is 9.85. The molecule has 0 bridgehead atoms. The summed E-state index contributed by atoms with van der Waals surface area (Å²) in [7, 11) is 0. The Morgan fingerprint density at radius 1 is 1.73 bits per heavy atom. The molecule has 11 heavy (non-hydrogen) atoms. The van der Waals surface area contributed by atoms with E-state index in [2.05, 4.69) is 12.2 Å². The number of hydrogen-bond donors (Lipinski definition) is 2. The molecule has 3 nitrogen and oxygen atoms in total. The van der Waals surface area contributed by atoms with E-state index >= 15 is 0 Å². The molecule has 1 heterocycles. The van der Waals surface area contributed by atoms with Gasteiger partial charge in [-0.25, -0.2) is 0 Å². The maximum absolute atomic E-state index is 10.4. The fourth-order valence-electron chi connectivity index (χ4n) is 1.60. The fraction of sp³-hybridized carbons (Fsp3) is 0.875. The molecule has 0 amide bonds. The number of carboxylic acid groups (broad SMARTS) is 1. The molecule has 2 atom stereocenters. The molecule has 2 unspecified atom stereocenters. The Labute approximate surface area is 66.8 Å². The molecule has 1 aliphatic heterocycles. The molecule has 0 radical (unpaired) electrons. The largest absolute Gasteiger partial charge is 0.481 e. The van der Waals surface area contributed by atoms with E-state index < -0.39 is 5.97 Å². The van der Waals surface area contributed by atoms with Crippen LogP contribution in [0.1, 0.15) is 19.8 Å². The van der Waals surface area contributed by atoms with Gasteiger partial charge >= 0.3 is 5.97 Å². The predicted molar refractivity (Wildman–Crippen MR) is 42.4 cm³/mol. The summed E-state index contributed by atoms with van der Waals surface area (Å²) in [6.07, 6.45) is 1.34. The van der Waals surface area contributed by atoms with E-state index in [1.807, 2.05) is 0 Å². The summed E-state index contributed by atoms with van der Waals surface area (Å²) in [6.45, 7) is 4.06. The number of nitrogens with one attached hydrogen (secondary N) is 1. The average Bonchev–Trinajstić information content (AvgIpc) is 1.93. The van der Waals surface area contributed by atoms with Crippen molar-refractivity contribution >= 4 is 5.97 Å². The highest BCUT2D eigenvalue weighted by Gasteiger charge is 2.22. The van der Waals surface area contributed by atoms with Crippen molar-refractivity contribution in [2.75, 3.05) is 13.1 Å². The Balaban J connectivity index is 2.35. The first-order valence-electron chi connectivity index (χ1n) is 4.12. The lowest BCUT2D eigenvalue weighted by Crippen LogP contribution is -2.35. The Morgan fingerprint density at radius 3 is 3.00 bits per heavy atom. The Bertz CT molecular complexity index is 147. The number of rotatable bonds is 2. The van der Waals surface area contributed by atoms with Gasteiger partial charge < -0.3 is 10.4 Å². The SMILES string of the molecule is CC1CNCCC1CC(=O)O. The molecule has 1 saturated heterocycles. The highest BCUT2D eigenvalue weighted by Crippen LogP contribution is 2.21. The van der Waals surface area contributed by atoms with Crippen LogP contribution in [-0.2, 0) is 4.79 Å². The first-order valence-corrected chi connectivity index (χ1v) is 4.12. The van der Waals surface area contributed by atoms with Crippen LogP contribution in [0.3, 0.4) is 0 Å². The highest BCUT2D eigenvalue weighted by atomic mass is 16.4. The molecule has 1 aliphatic rings. The van der Waals surface area contributed by atoms with Gasteiger partial charge in [-0.05, 0) is 31.3 Å². The van der Waals surface area contributed by atoms with Gasteiger partial charge in [0, 0.05) is 6.42 Å². The van der Waals surface area contributed by atoms with Crippen molar-refractivity contribution < 1.29 is 9.90 Å². The summed E-state index contributed by atoms with van der Waals surface area (Å²) in [5.41, 5.74) is 0. The third-order valence-corrected chi connectivity index (χ3v) is 2.40. The van der Waals surface area contributed by atoms with Crippen LogP contribution >= 0.6 is 0 Å². The van der Waals surface area contributed by atoms with E-state index in [1.54, 1.807) is 0 Å². The summed E-state index contributed by atoms with van der Waals surface area (Å²) >= 11 is 0. The van der Waals surface area contributed by atoms with Crippen molar-refractivity contribution in [3.63, 3.8) is 0 Å². The standard InChI is InChI=1S/C8H15NO2/c1-6-5-9-3-2-7(6)4-8(10)11/h6-7,9H,2-5H2,1H3,(H,10,11). The summed E-state index contributed by atoms with van der Waals surface area (Å²) < 4.78 is 0. The van der Waals surface area contributed by atoms with E-state index in [-0.39, 0.29) is 0 Å². The highest BCUT2D eigenvalue weighted by molar-refractivity contribution is 5.67. The van der Waals surface area contributed by atoms with Crippen LogP contribution in [0, 0.1) is 11.8 Å². The van der Waals surface area contributed by atoms with Gasteiger partial charge in [0.05, 0.1) is 0 Å². The minimum Gasteiger partial charge on any atom is -0.481 e. The second-order valence-electron chi connectivity index (χ2n) is 3.33. The van der Waals surface area contributed by atoms with Gasteiger partial charge in [-0.2, -0.15) is 0 Å². The van der Waals surface area contributed by atoms with Gasteiger partial charge in [-0.1, -0.05) is 6.92 Å². The summed E-state index contributed by atoms with van der Waals surface area (Å²) in [5.74, 6) is 0.234. The smallest absolute Gasteiger partial charge is 0.303 e. The molecule has 0 saturated carbocycles. The second-order valence-corrected chi connectivity index (χ2v) is 3.33. The third-order valence-electron chi connectivity index (χ3n) is 2.40. The molecule has 2 N–H and O–H groups in total. The van der Waals surface area contributed by atoms with E-state index in [0.29, 0.717) is 18.3 Å².